The number of hydrogen-bond acceptors (Lipinski definition) is 2. The number of amides is 1. The number of hydrogen-bond donors (Lipinski definition) is 1. The highest BCUT2D eigenvalue weighted by atomic mass is 19.1. The van der Waals surface area contributed by atoms with Crippen molar-refractivity contribution in [3.8, 4) is 0 Å². The van der Waals surface area contributed by atoms with Crippen LogP contribution in [0.1, 0.15) is 37.7 Å². The number of halogens is 1. The molecule has 0 bridgehead atoms. The summed E-state index contributed by atoms with van der Waals surface area (Å²) in [6.07, 6.45) is 5.91. The third kappa shape index (κ3) is 3.86. The fourth-order valence-electron chi connectivity index (χ4n) is 3.74. The molecule has 0 unspecified atom stereocenters. The van der Waals surface area contributed by atoms with Crippen LogP contribution in [0.3, 0.4) is 0 Å². The van der Waals surface area contributed by atoms with Gasteiger partial charge in [-0.25, -0.2) is 4.39 Å². The lowest BCUT2D eigenvalue weighted by atomic mass is 9.89. The molecule has 0 aromatic heterocycles. The van der Waals surface area contributed by atoms with E-state index in [4.69, 9.17) is 0 Å². The van der Waals surface area contributed by atoms with Gasteiger partial charge in [-0.15, -0.1) is 0 Å². The molecular weight excluding hydrogens is 279 g/mol. The number of rotatable bonds is 3. The number of carbonyl (C=O) groups excluding carboxylic acids is 1. The standard InChI is InChI=1S/C18H25FN2O/c19-16-6-3-4-14(12-16)7-8-18(22)21-11-9-17-15(13-21)5-1-2-10-20-17/h3-4,6,12,15,17,20H,1-2,5,7-11,13H2/t15-,17-/m1/s1. The largest absolute Gasteiger partial charge is 0.342 e. The summed E-state index contributed by atoms with van der Waals surface area (Å²) in [5.41, 5.74) is 0.902. The van der Waals surface area contributed by atoms with Crippen molar-refractivity contribution in [1.82, 2.24) is 10.2 Å². The van der Waals surface area contributed by atoms with Crippen molar-refractivity contribution in [1.29, 1.82) is 0 Å². The van der Waals surface area contributed by atoms with E-state index in [0.29, 0.717) is 24.8 Å². The Labute approximate surface area is 131 Å². The number of aryl methyl sites for hydroxylation is 1. The average Bonchev–Trinajstić information content (AvgIpc) is 2.77. The zero-order valence-corrected chi connectivity index (χ0v) is 13.1. The van der Waals surface area contributed by atoms with Crippen molar-refractivity contribution in [2.75, 3.05) is 19.6 Å². The Morgan fingerprint density at radius 3 is 3.09 bits per heavy atom. The summed E-state index contributed by atoms with van der Waals surface area (Å²) >= 11 is 0. The third-order valence-electron chi connectivity index (χ3n) is 5.01. The van der Waals surface area contributed by atoms with Crippen molar-refractivity contribution >= 4 is 5.91 Å². The minimum atomic E-state index is -0.227. The highest BCUT2D eigenvalue weighted by molar-refractivity contribution is 5.76. The van der Waals surface area contributed by atoms with Crippen molar-refractivity contribution in [2.45, 2.75) is 44.6 Å². The van der Waals surface area contributed by atoms with Gasteiger partial charge in [0.2, 0.25) is 5.91 Å². The van der Waals surface area contributed by atoms with Crippen molar-refractivity contribution < 1.29 is 9.18 Å². The van der Waals surface area contributed by atoms with Crippen LogP contribution in [0.5, 0.6) is 0 Å². The van der Waals surface area contributed by atoms with Crippen LogP contribution in [0.2, 0.25) is 0 Å². The number of nitrogens with zero attached hydrogens (tertiary/aromatic N) is 1. The normalized spacial score (nSPS) is 25.4. The summed E-state index contributed by atoms with van der Waals surface area (Å²) in [5.74, 6) is 0.594. The van der Waals surface area contributed by atoms with Crippen LogP contribution in [0.25, 0.3) is 0 Å². The first-order chi connectivity index (χ1) is 10.7. The highest BCUT2D eigenvalue weighted by Gasteiger charge is 2.31. The molecule has 1 aromatic carbocycles. The van der Waals surface area contributed by atoms with Gasteiger partial charge in [0.15, 0.2) is 0 Å². The number of benzene rings is 1. The number of carbonyl (C=O) groups is 1. The van der Waals surface area contributed by atoms with Gasteiger partial charge >= 0.3 is 0 Å². The lowest BCUT2D eigenvalue weighted by molar-refractivity contribution is -0.133. The summed E-state index contributed by atoms with van der Waals surface area (Å²) in [4.78, 5) is 14.4. The van der Waals surface area contributed by atoms with Gasteiger partial charge in [0.25, 0.3) is 0 Å². The van der Waals surface area contributed by atoms with Gasteiger partial charge in [-0.1, -0.05) is 18.6 Å². The van der Waals surface area contributed by atoms with E-state index in [1.807, 2.05) is 11.0 Å². The Hall–Kier alpha value is -1.42. The van der Waals surface area contributed by atoms with Gasteiger partial charge in [0.1, 0.15) is 5.82 Å². The van der Waals surface area contributed by atoms with E-state index in [9.17, 15) is 9.18 Å². The Balaban J connectivity index is 1.52. The van der Waals surface area contributed by atoms with Crippen LogP contribution in [0, 0.1) is 11.7 Å². The van der Waals surface area contributed by atoms with Gasteiger partial charge < -0.3 is 10.2 Å². The fourth-order valence-corrected chi connectivity index (χ4v) is 3.74. The van der Waals surface area contributed by atoms with E-state index in [1.54, 1.807) is 6.07 Å². The molecule has 2 heterocycles. The molecule has 0 radical (unpaired) electrons. The first-order valence-corrected chi connectivity index (χ1v) is 8.48. The Morgan fingerprint density at radius 1 is 1.32 bits per heavy atom. The second-order valence-corrected chi connectivity index (χ2v) is 6.57. The maximum atomic E-state index is 13.2. The van der Waals surface area contributed by atoms with Gasteiger partial charge in [0.05, 0.1) is 0 Å². The molecule has 3 nitrogen and oxygen atoms in total. The Morgan fingerprint density at radius 2 is 2.23 bits per heavy atom. The SMILES string of the molecule is O=C(CCc1cccc(F)c1)N1CC[C@H]2NCCCC[C@@H]2C1. The fraction of sp³-hybridized carbons (Fsp3) is 0.611. The van der Waals surface area contributed by atoms with Crippen molar-refractivity contribution in [3.05, 3.63) is 35.6 Å². The first-order valence-electron chi connectivity index (χ1n) is 8.48. The maximum absolute atomic E-state index is 13.2. The molecule has 1 N–H and O–H groups in total. The molecule has 2 fully saturated rings. The molecule has 0 spiro atoms. The van der Waals surface area contributed by atoms with Crippen molar-refractivity contribution in [3.63, 3.8) is 0 Å². The van der Waals surface area contributed by atoms with E-state index < -0.39 is 0 Å². The van der Waals surface area contributed by atoms with E-state index in [0.717, 1.165) is 31.6 Å². The van der Waals surface area contributed by atoms with Crippen LogP contribution in [0.4, 0.5) is 4.39 Å². The average molecular weight is 304 g/mol. The Bertz CT molecular complexity index is 520. The molecule has 120 valence electrons. The number of fused-ring (bicyclic) bond motifs is 1. The summed E-state index contributed by atoms with van der Waals surface area (Å²) < 4.78 is 13.2. The molecule has 0 aliphatic carbocycles. The minimum Gasteiger partial charge on any atom is -0.342 e. The quantitative estimate of drug-likeness (QED) is 0.931. The highest BCUT2D eigenvalue weighted by Crippen LogP contribution is 2.25. The lowest BCUT2D eigenvalue weighted by Crippen LogP contribution is -2.50. The first kappa shape index (κ1) is 15.5. The molecule has 0 saturated carbocycles. The summed E-state index contributed by atoms with van der Waals surface area (Å²) in [6.45, 7) is 2.87. The number of nitrogens with one attached hydrogen (secondary N) is 1. The molecule has 2 aliphatic rings. The van der Waals surface area contributed by atoms with Gasteiger partial charge in [-0.2, -0.15) is 0 Å². The maximum Gasteiger partial charge on any atom is 0.222 e. The molecule has 4 heteroatoms. The zero-order chi connectivity index (χ0) is 15.4. The number of piperidine rings is 1. The summed E-state index contributed by atoms with van der Waals surface area (Å²) in [6, 6.07) is 7.15. The van der Waals surface area contributed by atoms with E-state index in [1.165, 1.54) is 31.4 Å². The van der Waals surface area contributed by atoms with Crippen LogP contribution in [-0.4, -0.2) is 36.5 Å². The topological polar surface area (TPSA) is 32.3 Å². The lowest BCUT2D eigenvalue weighted by Gasteiger charge is -2.38. The second-order valence-electron chi connectivity index (χ2n) is 6.57. The predicted molar refractivity (Wildman–Crippen MR) is 85.0 cm³/mol. The second kappa shape index (κ2) is 7.23. The molecule has 2 saturated heterocycles. The minimum absolute atomic E-state index is 0.215. The predicted octanol–water partition coefficient (Wildman–Crippen LogP) is 2.75. The van der Waals surface area contributed by atoms with E-state index >= 15 is 0 Å². The molecule has 1 aromatic rings. The Kier molecular flexibility index (Phi) is 5.08. The number of likely N-dealkylation sites (tertiary alicyclic amines) is 1. The summed E-state index contributed by atoms with van der Waals surface area (Å²) in [7, 11) is 0. The monoisotopic (exact) mass is 304 g/mol. The van der Waals surface area contributed by atoms with Crippen LogP contribution >= 0.6 is 0 Å². The van der Waals surface area contributed by atoms with E-state index in [-0.39, 0.29) is 11.7 Å². The third-order valence-corrected chi connectivity index (χ3v) is 5.01. The molecule has 2 atom stereocenters. The molecule has 1 amide bonds. The van der Waals surface area contributed by atoms with Crippen LogP contribution in [-0.2, 0) is 11.2 Å². The van der Waals surface area contributed by atoms with Crippen LogP contribution < -0.4 is 5.32 Å². The van der Waals surface area contributed by atoms with Gasteiger partial charge in [-0.3, -0.25) is 4.79 Å². The van der Waals surface area contributed by atoms with Gasteiger partial charge in [-0.05, 0) is 55.8 Å². The molecular formula is C18H25FN2O. The molecule has 22 heavy (non-hydrogen) atoms. The summed E-state index contributed by atoms with van der Waals surface area (Å²) in [5, 5.41) is 3.63. The zero-order valence-electron chi connectivity index (χ0n) is 13.1. The molecule has 2 aliphatic heterocycles. The van der Waals surface area contributed by atoms with Gasteiger partial charge in [0, 0.05) is 25.6 Å². The van der Waals surface area contributed by atoms with Crippen LogP contribution in [0.15, 0.2) is 24.3 Å². The smallest absolute Gasteiger partial charge is 0.222 e. The van der Waals surface area contributed by atoms with E-state index in [2.05, 4.69) is 5.32 Å². The molecule has 3 rings (SSSR count). The van der Waals surface area contributed by atoms with Crippen molar-refractivity contribution in [2.24, 2.45) is 5.92 Å².